The van der Waals surface area contributed by atoms with Crippen LogP contribution < -0.4 is 14.4 Å². The second-order valence-corrected chi connectivity index (χ2v) is 11.0. The fraction of sp³-hybridized carbons (Fsp3) is 0.357. The van der Waals surface area contributed by atoms with Crippen LogP contribution in [0.25, 0.3) is 10.8 Å². The van der Waals surface area contributed by atoms with Crippen LogP contribution in [0.15, 0.2) is 66.7 Å². The van der Waals surface area contributed by atoms with Crippen molar-refractivity contribution in [1.82, 2.24) is 10.2 Å². The van der Waals surface area contributed by atoms with Gasteiger partial charge in [-0.3, -0.25) is 13.9 Å². The Hall–Kier alpha value is -3.59. The molecule has 0 fully saturated rings. The molecule has 3 rings (SSSR count). The first kappa shape index (κ1) is 28.0. The van der Waals surface area contributed by atoms with Gasteiger partial charge in [-0.1, -0.05) is 55.5 Å². The highest BCUT2D eigenvalue weighted by atomic mass is 32.2. The topological polar surface area (TPSA) is 96.0 Å². The number of benzene rings is 3. The molecule has 1 N–H and O–H groups in total. The van der Waals surface area contributed by atoms with Crippen molar-refractivity contribution in [1.29, 1.82) is 0 Å². The summed E-state index contributed by atoms with van der Waals surface area (Å²) >= 11 is 0. The molecule has 3 aromatic rings. The number of sulfonamides is 1. The van der Waals surface area contributed by atoms with Gasteiger partial charge in [0.25, 0.3) is 0 Å². The fourth-order valence-electron chi connectivity index (χ4n) is 4.00. The Morgan fingerprint density at radius 2 is 1.62 bits per heavy atom. The first-order valence-electron chi connectivity index (χ1n) is 12.2. The lowest BCUT2D eigenvalue weighted by molar-refractivity contribution is -0.139. The number of anilines is 1. The third-order valence-corrected chi connectivity index (χ3v) is 7.52. The largest absolute Gasteiger partial charge is 0.497 e. The quantitative estimate of drug-likeness (QED) is 0.409. The number of carbonyl (C=O) groups is 2. The summed E-state index contributed by atoms with van der Waals surface area (Å²) in [5.41, 5.74) is 1.20. The Balaban J connectivity index is 1.98. The van der Waals surface area contributed by atoms with Crippen molar-refractivity contribution in [3.63, 3.8) is 0 Å². The molecule has 0 heterocycles. The predicted molar refractivity (Wildman–Crippen MR) is 147 cm³/mol. The number of nitrogens with one attached hydrogen (secondary N) is 1. The van der Waals surface area contributed by atoms with Crippen LogP contribution in [0.5, 0.6) is 5.75 Å². The second kappa shape index (κ2) is 12.1. The Morgan fingerprint density at radius 1 is 0.973 bits per heavy atom. The minimum atomic E-state index is -3.82. The highest BCUT2D eigenvalue weighted by Crippen LogP contribution is 2.28. The van der Waals surface area contributed by atoms with Gasteiger partial charge in [0.05, 0.1) is 19.1 Å². The van der Waals surface area contributed by atoms with Crippen LogP contribution in [0, 0.1) is 0 Å². The average Bonchev–Trinajstić information content (AvgIpc) is 2.89. The first-order chi connectivity index (χ1) is 17.5. The number of carbonyl (C=O) groups excluding carboxylic acids is 2. The molecule has 37 heavy (non-hydrogen) atoms. The summed E-state index contributed by atoms with van der Waals surface area (Å²) in [6, 6.07) is 19.1. The van der Waals surface area contributed by atoms with Crippen molar-refractivity contribution in [3.8, 4) is 5.75 Å². The number of fused-ring (bicyclic) bond motifs is 1. The molecule has 198 valence electrons. The number of amides is 2. The monoisotopic (exact) mass is 525 g/mol. The summed E-state index contributed by atoms with van der Waals surface area (Å²) in [7, 11) is -2.25. The second-order valence-electron chi connectivity index (χ2n) is 9.13. The van der Waals surface area contributed by atoms with E-state index in [9.17, 15) is 18.0 Å². The molecule has 2 unspecified atom stereocenters. The molecule has 0 saturated carbocycles. The summed E-state index contributed by atoms with van der Waals surface area (Å²) in [6.45, 7) is 5.20. The molecule has 2 atom stereocenters. The van der Waals surface area contributed by atoms with Crippen molar-refractivity contribution in [3.05, 3.63) is 72.3 Å². The van der Waals surface area contributed by atoms with E-state index in [2.05, 4.69) is 5.32 Å². The third-order valence-electron chi connectivity index (χ3n) is 6.39. The molecule has 0 aliphatic carbocycles. The van der Waals surface area contributed by atoms with Crippen LogP contribution in [0.3, 0.4) is 0 Å². The molecule has 0 saturated heterocycles. The lowest BCUT2D eigenvalue weighted by Crippen LogP contribution is -2.52. The van der Waals surface area contributed by atoms with Crippen molar-refractivity contribution in [2.24, 2.45) is 0 Å². The minimum Gasteiger partial charge on any atom is -0.497 e. The number of hydrogen-bond donors (Lipinski definition) is 1. The zero-order valence-electron chi connectivity index (χ0n) is 22.0. The van der Waals surface area contributed by atoms with E-state index >= 15 is 0 Å². The van der Waals surface area contributed by atoms with Gasteiger partial charge < -0.3 is 15.0 Å². The smallest absolute Gasteiger partial charge is 0.244 e. The summed E-state index contributed by atoms with van der Waals surface area (Å²) in [6.07, 6.45) is 1.82. The zero-order chi connectivity index (χ0) is 27.2. The highest BCUT2D eigenvalue weighted by molar-refractivity contribution is 7.92. The van der Waals surface area contributed by atoms with E-state index in [0.717, 1.165) is 27.9 Å². The third kappa shape index (κ3) is 7.01. The average molecular weight is 526 g/mol. The van der Waals surface area contributed by atoms with Gasteiger partial charge in [0, 0.05) is 18.0 Å². The van der Waals surface area contributed by atoms with E-state index in [1.165, 1.54) is 4.90 Å². The molecule has 0 radical (unpaired) electrons. The lowest BCUT2D eigenvalue weighted by Gasteiger charge is -2.32. The highest BCUT2D eigenvalue weighted by Gasteiger charge is 2.31. The van der Waals surface area contributed by atoms with Gasteiger partial charge in [-0.15, -0.1) is 0 Å². The van der Waals surface area contributed by atoms with Crippen molar-refractivity contribution >= 4 is 38.3 Å². The molecule has 0 aliphatic heterocycles. The van der Waals surface area contributed by atoms with Crippen LogP contribution >= 0.6 is 0 Å². The molecular formula is C28H35N3O5S. The molecule has 8 nitrogen and oxygen atoms in total. The van der Waals surface area contributed by atoms with Crippen LogP contribution in [-0.2, 0) is 26.2 Å². The number of nitrogens with zero attached hydrogens (tertiary/aromatic N) is 2. The van der Waals surface area contributed by atoms with Gasteiger partial charge in [0.2, 0.25) is 21.8 Å². The Morgan fingerprint density at radius 3 is 2.24 bits per heavy atom. The first-order valence-corrected chi connectivity index (χ1v) is 14.1. The molecule has 0 bridgehead atoms. The lowest BCUT2D eigenvalue weighted by atomic mass is 10.1. The summed E-state index contributed by atoms with van der Waals surface area (Å²) in [4.78, 5) is 28.2. The maximum absolute atomic E-state index is 13.8. The van der Waals surface area contributed by atoms with E-state index in [1.54, 1.807) is 38.3 Å². The van der Waals surface area contributed by atoms with Gasteiger partial charge >= 0.3 is 0 Å². The van der Waals surface area contributed by atoms with Gasteiger partial charge in [0.15, 0.2) is 0 Å². The molecule has 0 spiro atoms. The van der Waals surface area contributed by atoms with Crippen molar-refractivity contribution in [2.45, 2.75) is 45.8 Å². The summed E-state index contributed by atoms with van der Waals surface area (Å²) in [5.74, 6) is -0.114. The Kier molecular flexibility index (Phi) is 9.15. The van der Waals surface area contributed by atoms with E-state index in [4.69, 9.17) is 4.74 Å². The van der Waals surface area contributed by atoms with Crippen LogP contribution in [-0.4, -0.2) is 57.1 Å². The summed E-state index contributed by atoms with van der Waals surface area (Å²) < 4.78 is 32.2. The van der Waals surface area contributed by atoms with E-state index < -0.39 is 28.5 Å². The molecule has 9 heteroatoms. The van der Waals surface area contributed by atoms with E-state index in [1.807, 2.05) is 56.3 Å². The van der Waals surface area contributed by atoms with Crippen LogP contribution in [0.4, 0.5) is 5.69 Å². The van der Waals surface area contributed by atoms with Crippen LogP contribution in [0.2, 0.25) is 0 Å². The number of rotatable bonds is 11. The maximum Gasteiger partial charge on any atom is 0.244 e. The Bertz CT molecular complexity index is 1340. The maximum atomic E-state index is 13.8. The SMILES string of the molecule is CCC(C)NC(=O)C(C)N(Cc1ccc(OC)cc1)C(=O)CN(c1cccc2ccccc12)S(C)(=O)=O. The van der Waals surface area contributed by atoms with E-state index in [-0.39, 0.29) is 18.5 Å². The van der Waals surface area contributed by atoms with Gasteiger partial charge in [-0.05, 0) is 49.4 Å². The zero-order valence-corrected chi connectivity index (χ0v) is 22.8. The molecular weight excluding hydrogens is 490 g/mol. The van der Waals surface area contributed by atoms with E-state index in [0.29, 0.717) is 16.8 Å². The van der Waals surface area contributed by atoms with Crippen molar-refractivity contribution < 1.29 is 22.7 Å². The number of ether oxygens (including phenoxy) is 1. The fourth-order valence-corrected chi connectivity index (χ4v) is 4.86. The molecule has 2 amide bonds. The molecule has 0 aliphatic rings. The molecule has 0 aromatic heterocycles. The predicted octanol–water partition coefficient (Wildman–Crippen LogP) is 3.95. The van der Waals surface area contributed by atoms with Gasteiger partial charge in [0.1, 0.15) is 18.3 Å². The number of hydrogen-bond acceptors (Lipinski definition) is 5. The van der Waals surface area contributed by atoms with Gasteiger partial charge in [-0.25, -0.2) is 8.42 Å². The Labute approximate surface area is 219 Å². The standard InChI is InChI=1S/C28H35N3O5S/c1-6-20(2)29-28(33)21(3)30(18-22-14-16-24(36-4)17-15-22)27(32)19-31(37(5,34)35)26-13-9-11-23-10-7-8-12-25(23)26/h7-17,20-21H,6,18-19H2,1-5H3,(H,29,33). The normalized spacial score (nSPS) is 13.0. The van der Waals surface area contributed by atoms with Gasteiger partial charge in [-0.2, -0.15) is 0 Å². The summed E-state index contributed by atoms with van der Waals surface area (Å²) in [5, 5.41) is 4.50. The number of methoxy groups -OCH3 is 1. The van der Waals surface area contributed by atoms with Crippen molar-refractivity contribution in [2.75, 3.05) is 24.2 Å². The molecule has 3 aromatic carbocycles. The minimum absolute atomic E-state index is 0.0592. The van der Waals surface area contributed by atoms with Crippen LogP contribution in [0.1, 0.15) is 32.8 Å².